The molecule has 6 nitrogen and oxygen atoms in total. The largest absolute Gasteiger partial charge is 0.377 e. The second-order valence-corrected chi connectivity index (χ2v) is 8.81. The Morgan fingerprint density at radius 2 is 1.96 bits per heavy atom. The van der Waals surface area contributed by atoms with Gasteiger partial charge >= 0.3 is 0 Å². The summed E-state index contributed by atoms with van der Waals surface area (Å²) in [6, 6.07) is 13.5. The maximum absolute atomic E-state index is 12.7. The zero-order valence-electron chi connectivity index (χ0n) is 15.5. The van der Waals surface area contributed by atoms with Crippen LogP contribution in [-0.4, -0.2) is 44.9 Å². The predicted molar refractivity (Wildman–Crippen MR) is 104 cm³/mol. The molecule has 0 unspecified atom stereocenters. The van der Waals surface area contributed by atoms with Gasteiger partial charge in [0.1, 0.15) is 0 Å². The summed E-state index contributed by atoms with van der Waals surface area (Å²) in [6.45, 7) is 2.96. The number of hydrogen-bond donors (Lipinski definition) is 1. The Labute approximate surface area is 160 Å². The van der Waals surface area contributed by atoms with Crippen molar-refractivity contribution in [2.24, 2.45) is 0 Å². The van der Waals surface area contributed by atoms with Crippen LogP contribution < -0.4 is 5.32 Å². The highest BCUT2D eigenvalue weighted by Crippen LogP contribution is 2.20. The number of amides is 1. The molecule has 1 amide bonds. The monoisotopic (exact) mass is 388 g/mol. The fraction of sp³-hybridized carbons (Fsp3) is 0.350. The van der Waals surface area contributed by atoms with E-state index in [9.17, 15) is 13.2 Å². The molecular formula is C20H24N2O4S. The number of sulfonamides is 1. The Morgan fingerprint density at radius 1 is 1.22 bits per heavy atom. The molecule has 2 aromatic rings. The molecule has 0 bridgehead atoms. The van der Waals surface area contributed by atoms with Crippen LogP contribution in [0.25, 0.3) is 0 Å². The van der Waals surface area contributed by atoms with Gasteiger partial charge in [0.25, 0.3) is 5.91 Å². The van der Waals surface area contributed by atoms with Gasteiger partial charge in [-0.15, -0.1) is 0 Å². The summed E-state index contributed by atoms with van der Waals surface area (Å²) in [4.78, 5) is 12.5. The van der Waals surface area contributed by atoms with Crippen LogP contribution in [0.1, 0.15) is 28.8 Å². The van der Waals surface area contributed by atoms with E-state index in [1.807, 2.05) is 31.2 Å². The number of rotatable bonds is 6. The van der Waals surface area contributed by atoms with Crippen LogP contribution in [0.4, 0.5) is 5.69 Å². The first-order valence-electron chi connectivity index (χ1n) is 8.92. The average Bonchev–Trinajstić information content (AvgIpc) is 3.15. The summed E-state index contributed by atoms with van der Waals surface area (Å²) in [7, 11) is -2.06. The highest BCUT2D eigenvalue weighted by molar-refractivity contribution is 7.89. The Balaban J connectivity index is 1.69. The molecule has 1 aliphatic heterocycles. The Morgan fingerprint density at radius 3 is 2.59 bits per heavy atom. The highest BCUT2D eigenvalue weighted by atomic mass is 32.2. The van der Waals surface area contributed by atoms with Crippen molar-refractivity contribution in [3.05, 3.63) is 59.7 Å². The van der Waals surface area contributed by atoms with E-state index in [0.717, 1.165) is 18.4 Å². The first-order valence-corrected chi connectivity index (χ1v) is 10.4. The highest BCUT2D eigenvalue weighted by Gasteiger charge is 2.26. The SMILES string of the molecule is Cc1cccc(NC(=O)c2ccc(S(=O)(=O)N(C)C[C@@H]3CCCO3)cc2)c1. The third kappa shape index (κ3) is 4.74. The first kappa shape index (κ1) is 19.5. The zero-order valence-corrected chi connectivity index (χ0v) is 16.3. The van der Waals surface area contributed by atoms with Gasteiger partial charge in [0.2, 0.25) is 10.0 Å². The van der Waals surface area contributed by atoms with Gasteiger partial charge in [-0.3, -0.25) is 4.79 Å². The van der Waals surface area contributed by atoms with Gasteiger partial charge in [0.05, 0.1) is 11.0 Å². The van der Waals surface area contributed by atoms with E-state index in [1.165, 1.54) is 28.6 Å². The van der Waals surface area contributed by atoms with Crippen LogP contribution in [-0.2, 0) is 14.8 Å². The van der Waals surface area contributed by atoms with Gasteiger partial charge in [-0.25, -0.2) is 8.42 Å². The summed E-state index contributed by atoms with van der Waals surface area (Å²) >= 11 is 0. The molecule has 1 saturated heterocycles. The molecule has 0 aliphatic carbocycles. The second kappa shape index (κ2) is 8.21. The van der Waals surface area contributed by atoms with E-state index < -0.39 is 10.0 Å². The Kier molecular flexibility index (Phi) is 5.94. The molecule has 0 spiro atoms. The standard InChI is InChI=1S/C20H24N2O4S/c1-15-5-3-6-17(13-15)21-20(23)16-8-10-19(11-9-16)27(24,25)22(2)14-18-7-4-12-26-18/h3,5-6,8-11,13,18H,4,7,12,14H2,1-2H3,(H,21,23)/t18-/m0/s1. The van der Waals surface area contributed by atoms with Crippen LogP contribution in [0.15, 0.2) is 53.4 Å². The molecular weight excluding hydrogens is 364 g/mol. The van der Waals surface area contributed by atoms with Crippen LogP contribution >= 0.6 is 0 Å². The minimum atomic E-state index is -3.61. The topological polar surface area (TPSA) is 75.7 Å². The lowest BCUT2D eigenvalue weighted by atomic mass is 10.2. The van der Waals surface area contributed by atoms with Crippen molar-refractivity contribution < 1.29 is 17.9 Å². The van der Waals surface area contributed by atoms with E-state index in [0.29, 0.717) is 24.4 Å². The maximum Gasteiger partial charge on any atom is 0.255 e. The Bertz CT molecular complexity index is 904. The van der Waals surface area contributed by atoms with Gasteiger partial charge in [-0.2, -0.15) is 4.31 Å². The van der Waals surface area contributed by atoms with Gasteiger partial charge < -0.3 is 10.1 Å². The molecule has 1 atom stereocenters. The van der Waals surface area contributed by atoms with Crippen molar-refractivity contribution in [3.8, 4) is 0 Å². The van der Waals surface area contributed by atoms with Crippen LogP contribution in [0.2, 0.25) is 0 Å². The molecule has 144 valence electrons. The number of hydrogen-bond acceptors (Lipinski definition) is 4. The average molecular weight is 388 g/mol. The molecule has 27 heavy (non-hydrogen) atoms. The molecule has 0 radical (unpaired) electrons. The fourth-order valence-electron chi connectivity index (χ4n) is 3.06. The molecule has 1 N–H and O–H groups in total. The maximum atomic E-state index is 12.7. The lowest BCUT2D eigenvalue weighted by Crippen LogP contribution is -2.34. The van der Waals surface area contributed by atoms with Crippen LogP contribution in [0, 0.1) is 6.92 Å². The van der Waals surface area contributed by atoms with Crippen molar-refractivity contribution in [2.45, 2.75) is 30.8 Å². The molecule has 1 fully saturated rings. The summed E-state index contributed by atoms with van der Waals surface area (Å²) in [5, 5.41) is 2.81. The minimum Gasteiger partial charge on any atom is -0.377 e. The summed E-state index contributed by atoms with van der Waals surface area (Å²) in [6.07, 6.45) is 1.78. The van der Waals surface area contributed by atoms with Crippen LogP contribution in [0.5, 0.6) is 0 Å². The van der Waals surface area contributed by atoms with E-state index in [4.69, 9.17) is 4.74 Å². The third-order valence-corrected chi connectivity index (χ3v) is 6.42. The van der Waals surface area contributed by atoms with Gasteiger partial charge in [0.15, 0.2) is 0 Å². The predicted octanol–water partition coefficient (Wildman–Crippen LogP) is 3.05. The number of nitrogens with one attached hydrogen (secondary N) is 1. The van der Waals surface area contributed by atoms with Crippen molar-refractivity contribution >= 4 is 21.6 Å². The van der Waals surface area contributed by atoms with Gasteiger partial charge in [0, 0.05) is 31.5 Å². The number of ether oxygens (including phenoxy) is 1. The smallest absolute Gasteiger partial charge is 0.255 e. The van der Waals surface area contributed by atoms with E-state index in [1.54, 1.807) is 7.05 Å². The van der Waals surface area contributed by atoms with Crippen molar-refractivity contribution in [1.29, 1.82) is 0 Å². The fourth-order valence-corrected chi connectivity index (χ4v) is 4.26. The summed E-state index contributed by atoms with van der Waals surface area (Å²) in [5.41, 5.74) is 2.15. The molecule has 1 aliphatic rings. The number of likely N-dealkylation sites (N-methyl/N-ethyl adjacent to an activating group) is 1. The van der Waals surface area contributed by atoms with E-state index in [-0.39, 0.29) is 16.9 Å². The number of nitrogens with zero attached hydrogens (tertiary/aromatic N) is 1. The number of anilines is 1. The van der Waals surface area contributed by atoms with Gasteiger partial charge in [-0.1, -0.05) is 12.1 Å². The minimum absolute atomic E-state index is 0.0517. The van der Waals surface area contributed by atoms with E-state index >= 15 is 0 Å². The second-order valence-electron chi connectivity index (χ2n) is 6.77. The van der Waals surface area contributed by atoms with Gasteiger partial charge in [-0.05, 0) is 61.7 Å². The molecule has 0 saturated carbocycles. The zero-order chi connectivity index (χ0) is 19.4. The van der Waals surface area contributed by atoms with Crippen molar-refractivity contribution in [3.63, 3.8) is 0 Å². The first-order chi connectivity index (χ1) is 12.9. The normalized spacial score (nSPS) is 17.2. The molecule has 3 rings (SSSR count). The number of aryl methyl sites for hydroxylation is 1. The quantitative estimate of drug-likeness (QED) is 0.825. The Hall–Kier alpha value is -2.22. The van der Waals surface area contributed by atoms with Crippen LogP contribution in [0.3, 0.4) is 0 Å². The summed E-state index contributed by atoms with van der Waals surface area (Å²) in [5.74, 6) is -0.280. The molecule has 2 aromatic carbocycles. The number of benzene rings is 2. The van der Waals surface area contributed by atoms with Crippen molar-refractivity contribution in [1.82, 2.24) is 4.31 Å². The molecule has 0 aromatic heterocycles. The third-order valence-electron chi connectivity index (χ3n) is 4.59. The lowest BCUT2D eigenvalue weighted by Gasteiger charge is -2.20. The van der Waals surface area contributed by atoms with E-state index in [2.05, 4.69) is 5.32 Å². The molecule has 7 heteroatoms. The lowest BCUT2D eigenvalue weighted by molar-refractivity contribution is 0.0979. The molecule has 1 heterocycles. The summed E-state index contributed by atoms with van der Waals surface area (Å²) < 4.78 is 32.2. The van der Waals surface area contributed by atoms with Crippen molar-refractivity contribution in [2.75, 3.05) is 25.5 Å². The number of carbonyl (C=O) groups is 1. The number of carbonyl (C=O) groups excluding carboxylic acids is 1.